The molecule has 0 spiro atoms. The number of H-pyrrole nitrogens is 1. The van der Waals surface area contributed by atoms with Crippen LogP contribution in [0.2, 0.25) is 0 Å². The van der Waals surface area contributed by atoms with E-state index in [-0.39, 0.29) is 28.1 Å². The summed E-state index contributed by atoms with van der Waals surface area (Å²) < 4.78 is 18.5. The second-order valence-electron chi connectivity index (χ2n) is 5.52. The molecule has 0 aliphatic rings. The highest BCUT2D eigenvalue weighted by atomic mass is 32.2. The molecule has 0 saturated heterocycles. The first-order valence-electron chi connectivity index (χ1n) is 7.60. The lowest BCUT2D eigenvalue weighted by Crippen LogP contribution is -2.09. The van der Waals surface area contributed by atoms with Crippen LogP contribution >= 0.6 is 11.8 Å². The Labute approximate surface area is 150 Å². The molecule has 2 heterocycles. The highest BCUT2D eigenvalue weighted by molar-refractivity contribution is 7.98. The average Bonchev–Trinajstić information content (AvgIpc) is 3.11. The molecule has 2 aromatic heterocycles. The van der Waals surface area contributed by atoms with E-state index in [1.165, 1.54) is 12.1 Å². The number of rotatable bonds is 3. The molecule has 8 heteroatoms. The van der Waals surface area contributed by atoms with E-state index in [1.807, 2.05) is 30.5 Å². The summed E-state index contributed by atoms with van der Waals surface area (Å²) in [6, 6.07) is 11.2. The summed E-state index contributed by atoms with van der Waals surface area (Å²) in [6.45, 7) is 0. The summed E-state index contributed by atoms with van der Waals surface area (Å²) in [5.74, 6) is -0.671. The smallest absolute Gasteiger partial charge is 0.267 e. The van der Waals surface area contributed by atoms with Crippen molar-refractivity contribution in [3.05, 3.63) is 58.6 Å². The van der Waals surface area contributed by atoms with Crippen LogP contribution in [0.15, 0.2) is 56.7 Å². The summed E-state index contributed by atoms with van der Waals surface area (Å²) in [4.78, 5) is 20.1. The molecule has 0 atom stereocenters. The molecule has 26 heavy (non-hydrogen) atoms. The lowest BCUT2D eigenvalue weighted by Gasteiger charge is -2.04. The first kappa shape index (κ1) is 16.3. The molecule has 0 saturated carbocycles. The van der Waals surface area contributed by atoms with Crippen molar-refractivity contribution in [2.45, 2.75) is 4.90 Å². The number of nitrogens with zero attached hydrogens (tertiary/aromatic N) is 2. The number of aromatic nitrogens is 3. The standard InChI is InChI=1S/C18H12FN3O3S/c1-26-11-5-2-9(3-6-11)16-21-18(25-22-16)14-15(23)12-7-4-10(19)8-13(12)20-17(14)24/h2-8H,1H3,(H2,20,23,24). The third-order valence-corrected chi connectivity index (χ3v) is 4.68. The summed E-state index contributed by atoms with van der Waals surface area (Å²) in [5, 5.41) is 14.6. The van der Waals surface area contributed by atoms with Crippen LogP contribution in [-0.2, 0) is 0 Å². The first-order chi connectivity index (χ1) is 12.6. The molecule has 0 aliphatic carbocycles. The SMILES string of the molecule is CSc1ccc(-c2noc(-c3c(O)c4ccc(F)cc4[nH]c3=O)n2)cc1. The minimum Gasteiger partial charge on any atom is -0.506 e. The molecule has 2 N–H and O–H groups in total. The quantitative estimate of drug-likeness (QED) is 0.534. The molecule has 0 fully saturated rings. The molecule has 130 valence electrons. The van der Waals surface area contributed by atoms with Crippen molar-refractivity contribution < 1.29 is 14.0 Å². The van der Waals surface area contributed by atoms with Crippen LogP contribution < -0.4 is 5.56 Å². The molecule has 0 radical (unpaired) electrons. The Hall–Kier alpha value is -3.13. The summed E-state index contributed by atoms with van der Waals surface area (Å²) in [7, 11) is 0. The van der Waals surface area contributed by atoms with E-state index in [0.717, 1.165) is 16.5 Å². The fraction of sp³-hybridized carbons (Fsp3) is 0.0556. The molecule has 0 amide bonds. The lowest BCUT2D eigenvalue weighted by atomic mass is 10.1. The number of fused-ring (bicyclic) bond motifs is 1. The fourth-order valence-electron chi connectivity index (χ4n) is 2.63. The van der Waals surface area contributed by atoms with Crippen molar-refractivity contribution in [3.63, 3.8) is 0 Å². The highest BCUT2D eigenvalue weighted by Crippen LogP contribution is 2.32. The normalized spacial score (nSPS) is 11.2. The molecule has 2 aromatic carbocycles. The van der Waals surface area contributed by atoms with Crippen molar-refractivity contribution in [2.24, 2.45) is 0 Å². The largest absolute Gasteiger partial charge is 0.506 e. The monoisotopic (exact) mass is 369 g/mol. The predicted molar refractivity (Wildman–Crippen MR) is 96.7 cm³/mol. The lowest BCUT2D eigenvalue weighted by molar-refractivity contribution is 0.426. The summed E-state index contributed by atoms with van der Waals surface area (Å²) in [6.07, 6.45) is 1.97. The van der Waals surface area contributed by atoms with Gasteiger partial charge in [-0.25, -0.2) is 4.39 Å². The molecular weight excluding hydrogens is 357 g/mol. The van der Waals surface area contributed by atoms with Gasteiger partial charge in [-0.2, -0.15) is 4.98 Å². The third kappa shape index (κ3) is 2.74. The van der Waals surface area contributed by atoms with Crippen LogP contribution in [0.3, 0.4) is 0 Å². The number of halogens is 1. The summed E-state index contributed by atoms with van der Waals surface area (Å²) >= 11 is 1.61. The zero-order valence-corrected chi connectivity index (χ0v) is 14.3. The number of nitrogens with one attached hydrogen (secondary N) is 1. The molecule has 4 aromatic rings. The van der Waals surface area contributed by atoms with Crippen molar-refractivity contribution in [3.8, 4) is 28.6 Å². The average molecular weight is 369 g/mol. The van der Waals surface area contributed by atoms with Crippen molar-refractivity contribution in [1.29, 1.82) is 0 Å². The second kappa shape index (κ2) is 6.30. The fourth-order valence-corrected chi connectivity index (χ4v) is 3.04. The van der Waals surface area contributed by atoms with E-state index in [2.05, 4.69) is 15.1 Å². The van der Waals surface area contributed by atoms with Crippen molar-refractivity contribution >= 4 is 22.7 Å². The van der Waals surface area contributed by atoms with Gasteiger partial charge in [0.05, 0.1) is 5.52 Å². The molecule has 0 unspecified atom stereocenters. The van der Waals surface area contributed by atoms with Gasteiger partial charge in [-0.05, 0) is 48.7 Å². The van der Waals surface area contributed by atoms with Gasteiger partial charge in [-0.1, -0.05) is 5.16 Å². The van der Waals surface area contributed by atoms with Crippen molar-refractivity contribution in [2.75, 3.05) is 6.26 Å². The maximum atomic E-state index is 13.3. The molecule has 6 nitrogen and oxygen atoms in total. The Balaban J connectivity index is 1.82. The number of hydrogen-bond donors (Lipinski definition) is 2. The number of hydrogen-bond acceptors (Lipinski definition) is 6. The van der Waals surface area contributed by atoms with Gasteiger partial charge in [-0.3, -0.25) is 4.79 Å². The predicted octanol–water partition coefficient (Wildman–Crippen LogP) is 3.81. The molecule has 0 bridgehead atoms. The van der Waals surface area contributed by atoms with Gasteiger partial charge in [-0.15, -0.1) is 11.8 Å². The maximum Gasteiger partial charge on any atom is 0.267 e. The van der Waals surface area contributed by atoms with E-state index in [0.29, 0.717) is 5.82 Å². The minimum absolute atomic E-state index is 0.112. The van der Waals surface area contributed by atoms with Gasteiger partial charge in [0.15, 0.2) is 0 Å². The Morgan fingerprint density at radius 1 is 1.19 bits per heavy atom. The van der Waals surface area contributed by atoms with Gasteiger partial charge in [0.2, 0.25) is 5.82 Å². The number of pyridine rings is 1. The number of thioether (sulfide) groups is 1. The number of aromatic amines is 1. The van der Waals surface area contributed by atoms with Crippen LogP contribution in [0.5, 0.6) is 5.75 Å². The topological polar surface area (TPSA) is 92.0 Å². The van der Waals surface area contributed by atoms with Crippen LogP contribution in [0.4, 0.5) is 4.39 Å². The van der Waals surface area contributed by atoms with E-state index in [1.54, 1.807) is 11.8 Å². The van der Waals surface area contributed by atoms with E-state index >= 15 is 0 Å². The van der Waals surface area contributed by atoms with E-state index < -0.39 is 11.4 Å². The maximum absolute atomic E-state index is 13.3. The van der Waals surface area contributed by atoms with Crippen LogP contribution in [0, 0.1) is 5.82 Å². The van der Waals surface area contributed by atoms with E-state index in [4.69, 9.17) is 4.52 Å². The summed E-state index contributed by atoms with van der Waals surface area (Å²) in [5.41, 5.74) is 0.109. The van der Waals surface area contributed by atoms with Gasteiger partial charge in [0.1, 0.15) is 17.1 Å². The Morgan fingerprint density at radius 2 is 1.96 bits per heavy atom. The molecule has 4 rings (SSSR count). The van der Waals surface area contributed by atoms with Gasteiger partial charge < -0.3 is 14.6 Å². The zero-order chi connectivity index (χ0) is 18.3. The second-order valence-corrected chi connectivity index (χ2v) is 6.40. The molecular formula is C18H12FN3O3S. The minimum atomic E-state index is -0.645. The zero-order valence-electron chi connectivity index (χ0n) is 13.5. The third-order valence-electron chi connectivity index (χ3n) is 3.94. The highest BCUT2D eigenvalue weighted by Gasteiger charge is 2.20. The van der Waals surface area contributed by atoms with Crippen LogP contribution in [0.1, 0.15) is 0 Å². The van der Waals surface area contributed by atoms with Crippen LogP contribution in [-0.4, -0.2) is 26.5 Å². The first-order valence-corrected chi connectivity index (χ1v) is 8.82. The Bertz CT molecular complexity index is 1170. The van der Waals surface area contributed by atoms with Crippen LogP contribution in [0.25, 0.3) is 33.7 Å². The van der Waals surface area contributed by atoms with Gasteiger partial charge in [0.25, 0.3) is 11.4 Å². The van der Waals surface area contributed by atoms with Gasteiger partial charge in [0, 0.05) is 15.8 Å². The Kier molecular flexibility index (Phi) is 3.96. The molecule has 0 aliphatic heterocycles. The van der Waals surface area contributed by atoms with Gasteiger partial charge >= 0.3 is 0 Å². The number of benzene rings is 2. The van der Waals surface area contributed by atoms with Crippen molar-refractivity contribution in [1.82, 2.24) is 15.1 Å². The van der Waals surface area contributed by atoms with E-state index in [9.17, 15) is 14.3 Å². The Morgan fingerprint density at radius 3 is 2.69 bits per heavy atom. The number of aromatic hydroxyl groups is 1.